The molecule has 62 valence electrons. The van der Waals surface area contributed by atoms with Gasteiger partial charge in [-0.25, -0.2) is 4.79 Å². The molecule has 0 heterocycles. The van der Waals surface area contributed by atoms with E-state index in [0.717, 1.165) is 0 Å². The summed E-state index contributed by atoms with van der Waals surface area (Å²) in [7, 11) is 0. The third-order valence-corrected chi connectivity index (χ3v) is 1.53. The first kappa shape index (κ1) is 9.25. The van der Waals surface area contributed by atoms with Gasteiger partial charge < -0.3 is 4.74 Å². The van der Waals surface area contributed by atoms with Crippen LogP contribution in [0.3, 0.4) is 0 Å². The summed E-state index contributed by atoms with van der Waals surface area (Å²) in [6.07, 6.45) is 1.36. The van der Waals surface area contributed by atoms with E-state index < -0.39 is 0 Å². The Balaban J connectivity index is 2.66. The molecule has 0 radical (unpaired) electrons. The van der Waals surface area contributed by atoms with Crippen molar-refractivity contribution < 1.29 is 9.53 Å². The molecule has 0 spiro atoms. The molecule has 0 unspecified atom stereocenters. The molecule has 0 aromatic heterocycles. The van der Waals surface area contributed by atoms with E-state index in [1.807, 2.05) is 28.7 Å². The number of rotatable bonds is 2. The summed E-state index contributed by atoms with van der Waals surface area (Å²) in [6, 6.07) is 8.87. The van der Waals surface area contributed by atoms with Crippen molar-refractivity contribution in [2.24, 2.45) is 0 Å². The van der Waals surface area contributed by atoms with E-state index in [2.05, 4.69) is 0 Å². The minimum Gasteiger partial charge on any atom is -0.430 e. The summed E-state index contributed by atoms with van der Waals surface area (Å²) in [5.41, 5.74) is 0.562. The maximum absolute atomic E-state index is 11.1. The number of hydrogen-bond acceptors (Lipinski definition) is 2. The molecule has 0 fully saturated rings. The summed E-state index contributed by atoms with van der Waals surface area (Å²) in [5, 5.41) is 0. The lowest BCUT2D eigenvalue weighted by molar-refractivity contribution is 0.0664. The van der Waals surface area contributed by atoms with E-state index in [-0.39, 0.29) is 5.97 Å². The standard InChI is InChI=1S/C9H7IO2/c10-6-7-12-9(11)8-4-2-1-3-5-8/h1-7H/b7-6-. The zero-order valence-corrected chi connectivity index (χ0v) is 8.39. The van der Waals surface area contributed by atoms with Crippen LogP contribution in [0.2, 0.25) is 0 Å². The highest BCUT2D eigenvalue weighted by Crippen LogP contribution is 2.01. The van der Waals surface area contributed by atoms with Crippen LogP contribution in [0, 0.1) is 0 Å². The fourth-order valence-electron chi connectivity index (χ4n) is 0.730. The number of hydrogen-bond donors (Lipinski definition) is 0. The minimum atomic E-state index is -0.330. The average Bonchev–Trinajstić information content (AvgIpc) is 2.15. The van der Waals surface area contributed by atoms with Crippen molar-refractivity contribution in [3.8, 4) is 0 Å². The van der Waals surface area contributed by atoms with Crippen LogP contribution in [0.1, 0.15) is 10.4 Å². The summed E-state index contributed by atoms with van der Waals surface area (Å²) in [5.74, 6) is -0.330. The molecule has 1 aromatic rings. The van der Waals surface area contributed by atoms with Crippen LogP contribution in [0.4, 0.5) is 0 Å². The summed E-state index contributed by atoms with van der Waals surface area (Å²) >= 11 is 1.98. The van der Waals surface area contributed by atoms with Crippen LogP contribution in [-0.2, 0) is 4.74 Å². The van der Waals surface area contributed by atoms with Crippen molar-refractivity contribution in [3.63, 3.8) is 0 Å². The Kier molecular flexibility index (Phi) is 3.79. The first-order chi connectivity index (χ1) is 5.84. The number of carbonyl (C=O) groups is 1. The Morgan fingerprint density at radius 1 is 1.33 bits per heavy atom. The third-order valence-electron chi connectivity index (χ3n) is 1.24. The van der Waals surface area contributed by atoms with Crippen LogP contribution in [-0.4, -0.2) is 5.97 Å². The summed E-state index contributed by atoms with van der Waals surface area (Å²) in [4.78, 5) is 11.1. The van der Waals surface area contributed by atoms with Gasteiger partial charge in [0.15, 0.2) is 0 Å². The van der Waals surface area contributed by atoms with Gasteiger partial charge in [-0.05, 0) is 34.7 Å². The molecule has 0 aliphatic heterocycles. The topological polar surface area (TPSA) is 26.3 Å². The van der Waals surface area contributed by atoms with Gasteiger partial charge in [0.25, 0.3) is 0 Å². The van der Waals surface area contributed by atoms with Gasteiger partial charge in [-0.3, -0.25) is 0 Å². The van der Waals surface area contributed by atoms with Crippen molar-refractivity contribution >= 4 is 28.6 Å². The van der Waals surface area contributed by atoms with Crippen molar-refractivity contribution in [1.29, 1.82) is 0 Å². The largest absolute Gasteiger partial charge is 0.430 e. The molecule has 1 aromatic carbocycles. The molecule has 0 N–H and O–H groups in total. The first-order valence-corrected chi connectivity index (χ1v) is 4.60. The average molecular weight is 274 g/mol. The van der Waals surface area contributed by atoms with Crippen molar-refractivity contribution in [3.05, 3.63) is 46.2 Å². The number of esters is 1. The second-order valence-corrected chi connectivity index (χ2v) is 2.75. The zero-order chi connectivity index (χ0) is 8.81. The lowest BCUT2D eigenvalue weighted by Gasteiger charge is -1.96. The summed E-state index contributed by atoms with van der Waals surface area (Å²) in [6.45, 7) is 0. The molecule has 0 bridgehead atoms. The van der Waals surface area contributed by atoms with Gasteiger partial charge in [-0.1, -0.05) is 18.2 Å². The lowest BCUT2D eigenvalue weighted by Crippen LogP contribution is -1.99. The third kappa shape index (κ3) is 2.65. The molecule has 0 saturated heterocycles. The molecule has 0 aliphatic rings. The molecule has 2 nitrogen and oxygen atoms in total. The molecule has 0 amide bonds. The van der Waals surface area contributed by atoms with Gasteiger partial charge in [0.1, 0.15) is 6.26 Å². The van der Waals surface area contributed by atoms with E-state index in [1.165, 1.54) is 6.26 Å². The van der Waals surface area contributed by atoms with Crippen molar-refractivity contribution in [2.45, 2.75) is 0 Å². The highest BCUT2D eigenvalue weighted by Gasteiger charge is 2.02. The highest BCUT2D eigenvalue weighted by molar-refractivity contribution is 14.1. The number of carbonyl (C=O) groups excluding carboxylic acids is 1. The highest BCUT2D eigenvalue weighted by atomic mass is 127. The Morgan fingerprint density at radius 3 is 2.58 bits per heavy atom. The molecular weight excluding hydrogens is 267 g/mol. The van der Waals surface area contributed by atoms with Gasteiger partial charge in [-0.15, -0.1) is 0 Å². The number of benzene rings is 1. The van der Waals surface area contributed by atoms with E-state index in [9.17, 15) is 4.79 Å². The predicted molar refractivity (Wildman–Crippen MR) is 55.0 cm³/mol. The second kappa shape index (κ2) is 4.92. The maximum atomic E-state index is 11.1. The first-order valence-electron chi connectivity index (χ1n) is 3.36. The van der Waals surface area contributed by atoms with Gasteiger partial charge in [-0.2, -0.15) is 0 Å². The van der Waals surface area contributed by atoms with Gasteiger partial charge >= 0.3 is 5.97 Å². The van der Waals surface area contributed by atoms with E-state index in [0.29, 0.717) is 5.56 Å². The summed E-state index contributed by atoms with van der Waals surface area (Å²) < 4.78 is 6.39. The van der Waals surface area contributed by atoms with Gasteiger partial charge in [0.05, 0.1) is 5.56 Å². The van der Waals surface area contributed by atoms with Gasteiger partial charge in [0, 0.05) is 4.08 Å². The zero-order valence-electron chi connectivity index (χ0n) is 6.24. The van der Waals surface area contributed by atoms with Crippen LogP contribution in [0.25, 0.3) is 0 Å². The Labute approximate surface area is 84.4 Å². The van der Waals surface area contributed by atoms with Crippen molar-refractivity contribution in [1.82, 2.24) is 0 Å². The van der Waals surface area contributed by atoms with Crippen LogP contribution >= 0.6 is 22.6 Å². The smallest absolute Gasteiger partial charge is 0.342 e. The molecule has 0 atom stereocenters. The monoisotopic (exact) mass is 274 g/mol. The molecule has 1 rings (SSSR count). The van der Waals surface area contributed by atoms with E-state index >= 15 is 0 Å². The Morgan fingerprint density at radius 2 is 2.00 bits per heavy atom. The molecule has 0 aliphatic carbocycles. The molecule has 3 heteroatoms. The second-order valence-electron chi connectivity index (χ2n) is 2.03. The van der Waals surface area contributed by atoms with E-state index in [1.54, 1.807) is 28.3 Å². The molecule has 12 heavy (non-hydrogen) atoms. The SMILES string of the molecule is O=C(O/C=C\I)c1ccccc1. The Bertz CT molecular complexity index is 280. The van der Waals surface area contributed by atoms with Crippen LogP contribution < -0.4 is 0 Å². The van der Waals surface area contributed by atoms with Crippen LogP contribution in [0.5, 0.6) is 0 Å². The molecule has 0 saturated carbocycles. The fourth-order valence-corrected chi connectivity index (χ4v) is 0.877. The lowest BCUT2D eigenvalue weighted by atomic mass is 10.2. The minimum absolute atomic E-state index is 0.330. The quantitative estimate of drug-likeness (QED) is 0.471. The normalized spacial score (nSPS) is 10.1. The van der Waals surface area contributed by atoms with E-state index in [4.69, 9.17) is 4.74 Å². The molecular formula is C9H7IO2. The Hall–Kier alpha value is -0.840. The fraction of sp³-hybridized carbons (Fsp3) is 0. The maximum Gasteiger partial charge on any atom is 0.342 e. The van der Waals surface area contributed by atoms with Crippen LogP contribution in [0.15, 0.2) is 40.7 Å². The van der Waals surface area contributed by atoms with Crippen molar-refractivity contribution in [2.75, 3.05) is 0 Å². The predicted octanol–water partition coefficient (Wildman–Crippen LogP) is 2.75. The van der Waals surface area contributed by atoms with Gasteiger partial charge in [0.2, 0.25) is 0 Å². The number of ether oxygens (including phenoxy) is 1. The number of halogens is 1.